The van der Waals surface area contributed by atoms with Gasteiger partial charge in [0.2, 0.25) is 0 Å². The van der Waals surface area contributed by atoms with E-state index in [0.717, 1.165) is 27.8 Å². The maximum atomic E-state index is 5.50. The van der Waals surface area contributed by atoms with Gasteiger partial charge in [0.1, 0.15) is 11.5 Å². The van der Waals surface area contributed by atoms with Gasteiger partial charge >= 0.3 is 0 Å². The molecule has 0 aromatic heterocycles. The molecule has 0 aliphatic carbocycles. The molecule has 2 aromatic rings. The van der Waals surface area contributed by atoms with Gasteiger partial charge in [-0.15, -0.1) is 0 Å². The van der Waals surface area contributed by atoms with Gasteiger partial charge in [-0.05, 0) is 6.07 Å². The van der Waals surface area contributed by atoms with Crippen molar-refractivity contribution in [3.8, 4) is 11.5 Å². The lowest BCUT2D eigenvalue weighted by atomic mass is 10.0. The van der Waals surface area contributed by atoms with Crippen LogP contribution in [-0.2, 0) is 11.4 Å². The van der Waals surface area contributed by atoms with Gasteiger partial charge in [0.25, 0.3) is 0 Å². The summed E-state index contributed by atoms with van der Waals surface area (Å²) < 4.78 is 10.9. The van der Waals surface area contributed by atoms with Gasteiger partial charge in [-0.25, -0.2) is 0 Å². The Bertz CT molecular complexity index is 540. The summed E-state index contributed by atoms with van der Waals surface area (Å²) >= 11 is 0. The fraction of sp³-hybridized carbons (Fsp3) is 0.286. The molecule has 0 spiro atoms. The molecule has 4 nitrogen and oxygen atoms in total. The fourth-order valence-electron chi connectivity index (χ4n) is 2.06. The van der Waals surface area contributed by atoms with Crippen molar-refractivity contribution in [1.82, 2.24) is 5.48 Å². The van der Waals surface area contributed by atoms with Crippen molar-refractivity contribution in [3.63, 3.8) is 0 Å². The standard InChI is InChI=1S/C14H17NO3/c1-16-13-8-10(9-15-18-3)14(17-2)12-7-5-4-6-11(12)13/h4-8,15H,9H2,1-3H3. The second kappa shape index (κ2) is 5.71. The van der Waals surface area contributed by atoms with Crippen molar-refractivity contribution in [2.45, 2.75) is 6.54 Å². The molecule has 2 aromatic carbocycles. The van der Waals surface area contributed by atoms with Crippen molar-refractivity contribution >= 4 is 10.8 Å². The van der Waals surface area contributed by atoms with Gasteiger partial charge in [0.05, 0.1) is 21.3 Å². The van der Waals surface area contributed by atoms with Crippen LogP contribution in [0.5, 0.6) is 11.5 Å². The van der Waals surface area contributed by atoms with Crippen molar-refractivity contribution < 1.29 is 14.3 Å². The van der Waals surface area contributed by atoms with Crippen LogP contribution >= 0.6 is 0 Å². The lowest BCUT2D eigenvalue weighted by Crippen LogP contribution is -2.12. The van der Waals surface area contributed by atoms with E-state index >= 15 is 0 Å². The molecule has 0 fully saturated rings. The van der Waals surface area contributed by atoms with E-state index in [1.165, 1.54) is 0 Å². The summed E-state index contributed by atoms with van der Waals surface area (Å²) in [5.74, 6) is 1.68. The van der Waals surface area contributed by atoms with Crippen LogP contribution in [0.15, 0.2) is 30.3 Å². The molecular weight excluding hydrogens is 230 g/mol. The van der Waals surface area contributed by atoms with E-state index in [4.69, 9.17) is 14.3 Å². The highest BCUT2D eigenvalue weighted by molar-refractivity contribution is 5.94. The topological polar surface area (TPSA) is 39.7 Å². The van der Waals surface area contributed by atoms with E-state index < -0.39 is 0 Å². The van der Waals surface area contributed by atoms with E-state index in [1.54, 1.807) is 21.3 Å². The summed E-state index contributed by atoms with van der Waals surface area (Å²) in [5, 5.41) is 2.07. The maximum Gasteiger partial charge on any atom is 0.131 e. The van der Waals surface area contributed by atoms with E-state index in [2.05, 4.69) is 5.48 Å². The largest absolute Gasteiger partial charge is 0.496 e. The van der Waals surface area contributed by atoms with Crippen molar-refractivity contribution in [2.75, 3.05) is 21.3 Å². The zero-order chi connectivity index (χ0) is 13.0. The minimum absolute atomic E-state index is 0.556. The number of hydrogen-bond donors (Lipinski definition) is 1. The summed E-state index contributed by atoms with van der Waals surface area (Å²) in [7, 11) is 4.93. The fourth-order valence-corrected chi connectivity index (χ4v) is 2.06. The lowest BCUT2D eigenvalue weighted by molar-refractivity contribution is 0.0861. The quantitative estimate of drug-likeness (QED) is 0.824. The van der Waals surface area contributed by atoms with Crippen LogP contribution in [-0.4, -0.2) is 21.3 Å². The second-order valence-corrected chi connectivity index (χ2v) is 3.84. The third-order valence-corrected chi connectivity index (χ3v) is 2.87. The molecule has 0 aliphatic rings. The molecule has 96 valence electrons. The van der Waals surface area contributed by atoms with Crippen LogP contribution in [0.2, 0.25) is 0 Å². The Hall–Kier alpha value is -1.78. The smallest absolute Gasteiger partial charge is 0.131 e. The summed E-state index contributed by atoms with van der Waals surface area (Å²) in [5.41, 5.74) is 3.81. The van der Waals surface area contributed by atoms with Gasteiger partial charge in [0, 0.05) is 22.9 Å². The van der Waals surface area contributed by atoms with Crippen LogP contribution < -0.4 is 15.0 Å². The zero-order valence-corrected chi connectivity index (χ0v) is 10.8. The summed E-state index contributed by atoms with van der Waals surface area (Å²) in [6, 6.07) is 9.97. The van der Waals surface area contributed by atoms with Gasteiger partial charge in [-0.3, -0.25) is 0 Å². The highest BCUT2D eigenvalue weighted by Gasteiger charge is 2.12. The first kappa shape index (κ1) is 12.7. The van der Waals surface area contributed by atoms with Gasteiger partial charge in [-0.1, -0.05) is 24.3 Å². The maximum absolute atomic E-state index is 5.50. The second-order valence-electron chi connectivity index (χ2n) is 3.84. The number of methoxy groups -OCH3 is 2. The van der Waals surface area contributed by atoms with Crippen LogP contribution in [0.4, 0.5) is 0 Å². The lowest BCUT2D eigenvalue weighted by Gasteiger charge is -2.15. The van der Waals surface area contributed by atoms with Gasteiger partial charge in [0.15, 0.2) is 0 Å². The summed E-state index contributed by atoms with van der Waals surface area (Å²) in [4.78, 5) is 4.88. The van der Waals surface area contributed by atoms with Gasteiger partial charge in [-0.2, -0.15) is 5.48 Å². The first-order valence-electron chi connectivity index (χ1n) is 5.70. The molecule has 0 unspecified atom stereocenters. The molecule has 1 N–H and O–H groups in total. The van der Waals surface area contributed by atoms with E-state index in [9.17, 15) is 0 Å². The third-order valence-electron chi connectivity index (χ3n) is 2.87. The third kappa shape index (κ3) is 2.25. The SMILES string of the molecule is CONCc1cc(OC)c2ccccc2c1OC. The molecule has 0 radical (unpaired) electrons. The first-order chi connectivity index (χ1) is 8.81. The van der Waals surface area contributed by atoms with Crippen LogP contribution in [0.25, 0.3) is 10.8 Å². The predicted molar refractivity (Wildman–Crippen MR) is 70.9 cm³/mol. The molecular formula is C14H17NO3. The number of nitrogens with one attached hydrogen (secondary N) is 1. The molecule has 0 heterocycles. The number of hydrogen-bond acceptors (Lipinski definition) is 4. The Morgan fingerprint density at radius 1 is 1.00 bits per heavy atom. The molecule has 0 bridgehead atoms. The van der Waals surface area contributed by atoms with Crippen LogP contribution in [0.1, 0.15) is 5.56 Å². The normalized spacial score (nSPS) is 10.6. The average Bonchev–Trinajstić information content (AvgIpc) is 2.43. The Labute approximate surface area is 106 Å². The molecule has 4 heteroatoms. The molecule has 0 saturated heterocycles. The molecule has 0 aliphatic heterocycles. The Kier molecular flexibility index (Phi) is 4.02. The summed E-state index contributed by atoms with van der Waals surface area (Å²) in [6.45, 7) is 0.556. The Balaban J connectivity index is 2.62. The monoisotopic (exact) mass is 247 g/mol. The summed E-state index contributed by atoms with van der Waals surface area (Å²) in [6.07, 6.45) is 0. The van der Waals surface area contributed by atoms with Gasteiger partial charge < -0.3 is 14.3 Å². The van der Waals surface area contributed by atoms with E-state index in [-0.39, 0.29) is 0 Å². The van der Waals surface area contributed by atoms with E-state index in [1.807, 2.05) is 30.3 Å². The number of benzene rings is 2. The highest BCUT2D eigenvalue weighted by Crippen LogP contribution is 2.36. The molecule has 0 atom stereocenters. The van der Waals surface area contributed by atoms with E-state index in [0.29, 0.717) is 6.54 Å². The molecule has 0 saturated carbocycles. The molecule has 0 amide bonds. The Morgan fingerprint density at radius 3 is 2.33 bits per heavy atom. The number of rotatable bonds is 5. The Morgan fingerprint density at radius 2 is 1.72 bits per heavy atom. The van der Waals surface area contributed by atoms with Crippen LogP contribution in [0.3, 0.4) is 0 Å². The van der Waals surface area contributed by atoms with Crippen LogP contribution in [0, 0.1) is 0 Å². The number of ether oxygens (including phenoxy) is 2. The predicted octanol–water partition coefficient (Wildman–Crippen LogP) is 2.51. The zero-order valence-electron chi connectivity index (χ0n) is 10.8. The van der Waals surface area contributed by atoms with Crippen molar-refractivity contribution in [1.29, 1.82) is 0 Å². The number of hydroxylamine groups is 1. The first-order valence-corrected chi connectivity index (χ1v) is 5.70. The minimum atomic E-state index is 0.556. The van der Waals surface area contributed by atoms with Crippen molar-refractivity contribution in [3.05, 3.63) is 35.9 Å². The average molecular weight is 247 g/mol. The number of fused-ring (bicyclic) bond motifs is 1. The molecule has 2 rings (SSSR count). The van der Waals surface area contributed by atoms with Crippen molar-refractivity contribution in [2.24, 2.45) is 0 Å². The molecule has 18 heavy (non-hydrogen) atoms. The highest BCUT2D eigenvalue weighted by atomic mass is 16.6. The minimum Gasteiger partial charge on any atom is -0.496 e.